The van der Waals surface area contributed by atoms with E-state index < -0.39 is 0 Å². The summed E-state index contributed by atoms with van der Waals surface area (Å²) in [6.45, 7) is 5.75. The van der Waals surface area contributed by atoms with Crippen molar-refractivity contribution >= 4 is 5.91 Å². The van der Waals surface area contributed by atoms with E-state index in [1.807, 2.05) is 30.9 Å². The summed E-state index contributed by atoms with van der Waals surface area (Å²) in [7, 11) is 1.67. The number of ether oxygens (including phenoxy) is 1. The first kappa shape index (κ1) is 12.9. The molecule has 3 heteroatoms. The maximum atomic E-state index is 12.4. The summed E-state index contributed by atoms with van der Waals surface area (Å²) in [5, 5.41) is 0. The molecule has 98 valence electrons. The highest BCUT2D eigenvalue weighted by Gasteiger charge is 2.19. The number of methoxy groups -OCH3 is 1. The van der Waals surface area contributed by atoms with E-state index in [9.17, 15) is 4.79 Å². The van der Waals surface area contributed by atoms with Crippen molar-refractivity contribution in [1.29, 1.82) is 0 Å². The Balaban J connectivity index is 2.25. The number of carbonyl (C=O) groups is 1. The number of hydrogen-bond donors (Lipinski definition) is 0. The van der Waals surface area contributed by atoms with Gasteiger partial charge in [-0.3, -0.25) is 4.79 Å². The standard InChI is InChI=1S/C15H21NO2/c1-11-9-13(10-12(2)14(11)18-3)15(17)16-7-5-4-6-8-16/h9-10H,4-8H2,1-3H3. The number of likely N-dealkylation sites (tertiary alicyclic amines) is 1. The second kappa shape index (κ2) is 5.42. The Labute approximate surface area is 109 Å². The number of rotatable bonds is 2. The third-order valence-electron chi connectivity index (χ3n) is 3.55. The van der Waals surface area contributed by atoms with Crippen LogP contribution < -0.4 is 4.74 Å². The minimum absolute atomic E-state index is 0.156. The molecule has 2 rings (SSSR count). The van der Waals surface area contributed by atoms with Gasteiger partial charge >= 0.3 is 0 Å². The lowest BCUT2D eigenvalue weighted by atomic mass is 10.0. The first-order chi connectivity index (χ1) is 8.63. The van der Waals surface area contributed by atoms with Crippen molar-refractivity contribution in [2.24, 2.45) is 0 Å². The molecule has 1 aliphatic heterocycles. The van der Waals surface area contributed by atoms with Crippen LogP contribution in [0.4, 0.5) is 0 Å². The topological polar surface area (TPSA) is 29.5 Å². The molecule has 0 aromatic heterocycles. The second-order valence-electron chi connectivity index (χ2n) is 5.00. The van der Waals surface area contributed by atoms with E-state index in [1.165, 1.54) is 6.42 Å². The van der Waals surface area contributed by atoms with E-state index in [1.54, 1.807) is 7.11 Å². The highest BCUT2D eigenvalue weighted by atomic mass is 16.5. The Morgan fingerprint density at radius 2 is 1.67 bits per heavy atom. The van der Waals surface area contributed by atoms with Crippen molar-refractivity contribution in [2.75, 3.05) is 20.2 Å². The maximum Gasteiger partial charge on any atom is 0.253 e. The van der Waals surface area contributed by atoms with Gasteiger partial charge < -0.3 is 9.64 Å². The van der Waals surface area contributed by atoms with Crippen LogP contribution in [0.1, 0.15) is 40.7 Å². The zero-order chi connectivity index (χ0) is 13.1. The Hall–Kier alpha value is -1.51. The summed E-state index contributed by atoms with van der Waals surface area (Å²) in [5.74, 6) is 1.04. The fraction of sp³-hybridized carbons (Fsp3) is 0.533. The molecule has 3 nitrogen and oxygen atoms in total. The molecule has 1 fully saturated rings. The molecule has 0 unspecified atom stereocenters. The Bertz CT molecular complexity index is 425. The predicted molar refractivity (Wildman–Crippen MR) is 72.2 cm³/mol. The summed E-state index contributed by atoms with van der Waals surface area (Å²) in [5.41, 5.74) is 2.84. The molecular weight excluding hydrogens is 226 g/mol. The number of amides is 1. The number of carbonyl (C=O) groups excluding carboxylic acids is 1. The van der Waals surface area contributed by atoms with E-state index in [2.05, 4.69) is 0 Å². The van der Waals surface area contributed by atoms with Crippen LogP contribution in [0.15, 0.2) is 12.1 Å². The van der Waals surface area contributed by atoms with Crippen LogP contribution in [0.2, 0.25) is 0 Å². The number of aryl methyl sites for hydroxylation is 2. The molecular formula is C15H21NO2. The van der Waals surface area contributed by atoms with Crippen molar-refractivity contribution in [3.8, 4) is 5.75 Å². The van der Waals surface area contributed by atoms with Gasteiger partial charge in [-0.2, -0.15) is 0 Å². The van der Waals surface area contributed by atoms with Crippen molar-refractivity contribution in [3.63, 3.8) is 0 Å². The predicted octanol–water partition coefficient (Wildman–Crippen LogP) is 2.94. The molecule has 1 amide bonds. The Morgan fingerprint density at radius 1 is 1.11 bits per heavy atom. The van der Waals surface area contributed by atoms with Gasteiger partial charge in [0.25, 0.3) is 5.91 Å². The monoisotopic (exact) mass is 247 g/mol. The maximum absolute atomic E-state index is 12.4. The van der Waals surface area contributed by atoms with E-state index in [-0.39, 0.29) is 5.91 Å². The Morgan fingerprint density at radius 3 is 2.17 bits per heavy atom. The van der Waals surface area contributed by atoms with E-state index in [0.29, 0.717) is 0 Å². The minimum atomic E-state index is 0.156. The summed E-state index contributed by atoms with van der Waals surface area (Å²) >= 11 is 0. The average molecular weight is 247 g/mol. The first-order valence-corrected chi connectivity index (χ1v) is 6.58. The molecule has 0 radical (unpaired) electrons. The normalized spacial score (nSPS) is 15.6. The highest BCUT2D eigenvalue weighted by Crippen LogP contribution is 2.25. The molecule has 1 aliphatic rings. The quantitative estimate of drug-likeness (QED) is 0.804. The van der Waals surface area contributed by atoms with Crippen LogP contribution in [-0.2, 0) is 0 Å². The zero-order valence-corrected chi connectivity index (χ0v) is 11.5. The summed E-state index contributed by atoms with van der Waals surface area (Å²) in [4.78, 5) is 14.4. The highest BCUT2D eigenvalue weighted by molar-refractivity contribution is 5.95. The van der Waals surface area contributed by atoms with Crippen molar-refractivity contribution in [3.05, 3.63) is 28.8 Å². The number of benzene rings is 1. The molecule has 1 saturated heterocycles. The van der Waals surface area contributed by atoms with Crippen LogP contribution in [-0.4, -0.2) is 31.0 Å². The smallest absolute Gasteiger partial charge is 0.253 e. The third-order valence-corrected chi connectivity index (χ3v) is 3.55. The summed E-state index contributed by atoms with van der Waals surface area (Å²) in [6.07, 6.45) is 3.49. The zero-order valence-electron chi connectivity index (χ0n) is 11.5. The Kier molecular flexibility index (Phi) is 3.90. The van der Waals surface area contributed by atoms with Crippen LogP contribution in [0.3, 0.4) is 0 Å². The van der Waals surface area contributed by atoms with Crippen LogP contribution in [0.5, 0.6) is 5.75 Å². The van der Waals surface area contributed by atoms with Crippen LogP contribution in [0, 0.1) is 13.8 Å². The lowest BCUT2D eigenvalue weighted by Gasteiger charge is -2.27. The number of hydrogen-bond acceptors (Lipinski definition) is 2. The van der Waals surface area contributed by atoms with Crippen molar-refractivity contribution in [2.45, 2.75) is 33.1 Å². The number of piperidine rings is 1. The molecule has 0 spiro atoms. The molecule has 18 heavy (non-hydrogen) atoms. The van der Waals surface area contributed by atoms with Gasteiger partial charge in [0, 0.05) is 18.7 Å². The van der Waals surface area contributed by atoms with Crippen molar-refractivity contribution in [1.82, 2.24) is 4.90 Å². The summed E-state index contributed by atoms with van der Waals surface area (Å²) < 4.78 is 5.33. The van der Waals surface area contributed by atoms with Gasteiger partial charge in [0.05, 0.1) is 7.11 Å². The van der Waals surface area contributed by atoms with E-state index in [0.717, 1.165) is 48.4 Å². The van der Waals surface area contributed by atoms with E-state index >= 15 is 0 Å². The van der Waals surface area contributed by atoms with Gasteiger partial charge in [0.1, 0.15) is 5.75 Å². The molecule has 1 aromatic carbocycles. The molecule has 1 aromatic rings. The van der Waals surface area contributed by atoms with Gasteiger partial charge in [-0.15, -0.1) is 0 Å². The van der Waals surface area contributed by atoms with Crippen LogP contribution >= 0.6 is 0 Å². The summed E-state index contributed by atoms with van der Waals surface area (Å²) in [6, 6.07) is 3.87. The average Bonchev–Trinajstić information content (AvgIpc) is 2.38. The van der Waals surface area contributed by atoms with Gasteiger partial charge in [0.15, 0.2) is 0 Å². The lowest BCUT2D eigenvalue weighted by molar-refractivity contribution is 0.0724. The lowest BCUT2D eigenvalue weighted by Crippen LogP contribution is -2.35. The van der Waals surface area contributed by atoms with Gasteiger partial charge in [-0.1, -0.05) is 0 Å². The van der Waals surface area contributed by atoms with Crippen molar-refractivity contribution < 1.29 is 9.53 Å². The second-order valence-corrected chi connectivity index (χ2v) is 5.00. The molecule has 0 N–H and O–H groups in total. The van der Waals surface area contributed by atoms with E-state index in [4.69, 9.17) is 4.74 Å². The number of nitrogens with zero attached hydrogens (tertiary/aromatic N) is 1. The fourth-order valence-corrected chi connectivity index (χ4v) is 2.68. The van der Waals surface area contributed by atoms with Gasteiger partial charge in [-0.25, -0.2) is 0 Å². The molecule has 0 bridgehead atoms. The fourth-order valence-electron chi connectivity index (χ4n) is 2.68. The third kappa shape index (κ3) is 2.50. The van der Waals surface area contributed by atoms with Gasteiger partial charge in [0.2, 0.25) is 0 Å². The van der Waals surface area contributed by atoms with Crippen LogP contribution in [0.25, 0.3) is 0 Å². The minimum Gasteiger partial charge on any atom is -0.496 e. The molecule has 0 aliphatic carbocycles. The molecule has 1 heterocycles. The largest absolute Gasteiger partial charge is 0.496 e. The SMILES string of the molecule is COc1c(C)cc(C(=O)N2CCCCC2)cc1C. The van der Waals surface area contributed by atoms with Gasteiger partial charge in [-0.05, 0) is 56.4 Å². The molecule has 0 atom stereocenters. The first-order valence-electron chi connectivity index (χ1n) is 6.58. The molecule has 0 saturated carbocycles.